The Kier molecular flexibility index (Phi) is 3.39. The number of piperazine rings is 1. The summed E-state index contributed by atoms with van der Waals surface area (Å²) in [4.78, 5) is 8.83. The van der Waals surface area contributed by atoms with E-state index >= 15 is 0 Å². The summed E-state index contributed by atoms with van der Waals surface area (Å²) in [5, 5.41) is 3.06. The minimum absolute atomic E-state index is 0.110. The quantitative estimate of drug-likeness (QED) is 0.758. The zero-order chi connectivity index (χ0) is 13.2. The van der Waals surface area contributed by atoms with Crippen molar-refractivity contribution in [3.05, 3.63) is 17.6 Å². The summed E-state index contributed by atoms with van der Waals surface area (Å²) in [6.07, 6.45) is 1.68. The molecule has 0 aromatic carbocycles. The second-order valence-electron chi connectivity index (χ2n) is 3.81. The van der Waals surface area contributed by atoms with Crippen molar-refractivity contribution in [1.29, 1.82) is 0 Å². The summed E-state index contributed by atoms with van der Waals surface area (Å²) >= 11 is 0. The van der Waals surface area contributed by atoms with Crippen LogP contribution in [-0.4, -0.2) is 36.1 Å². The molecular formula is C11H11F3N4. The molecule has 0 amide bonds. The molecule has 7 heteroatoms. The van der Waals surface area contributed by atoms with Gasteiger partial charge in [0.1, 0.15) is 5.69 Å². The topological polar surface area (TPSA) is 41.1 Å². The Morgan fingerprint density at radius 2 is 2.00 bits per heavy atom. The smallest absolute Gasteiger partial charge is 0.352 e. The Balaban J connectivity index is 2.42. The zero-order valence-electron chi connectivity index (χ0n) is 9.46. The van der Waals surface area contributed by atoms with Crippen molar-refractivity contribution in [3.8, 4) is 12.3 Å². The first kappa shape index (κ1) is 12.6. The van der Waals surface area contributed by atoms with E-state index in [9.17, 15) is 13.2 Å². The Morgan fingerprint density at radius 3 is 2.56 bits per heavy atom. The van der Waals surface area contributed by atoms with Crippen LogP contribution in [0.4, 0.5) is 19.0 Å². The van der Waals surface area contributed by atoms with E-state index in [1.807, 2.05) is 0 Å². The zero-order valence-corrected chi connectivity index (χ0v) is 9.46. The summed E-state index contributed by atoms with van der Waals surface area (Å²) in [5.74, 6) is 1.92. The molecule has 0 bridgehead atoms. The molecule has 4 nitrogen and oxygen atoms in total. The molecule has 1 N–H and O–H groups in total. The van der Waals surface area contributed by atoms with Gasteiger partial charge < -0.3 is 10.2 Å². The highest BCUT2D eigenvalue weighted by Crippen LogP contribution is 2.33. The van der Waals surface area contributed by atoms with E-state index in [1.165, 1.54) is 6.20 Å². The molecule has 96 valence electrons. The molecule has 0 atom stereocenters. The molecule has 1 aromatic rings. The maximum Gasteiger partial charge on any atom is 0.437 e. The van der Waals surface area contributed by atoms with Gasteiger partial charge in [0.15, 0.2) is 11.5 Å². The third-order valence-electron chi connectivity index (χ3n) is 2.59. The third-order valence-corrected chi connectivity index (χ3v) is 2.59. The lowest BCUT2D eigenvalue weighted by molar-refractivity contribution is -0.140. The van der Waals surface area contributed by atoms with Crippen molar-refractivity contribution in [3.63, 3.8) is 0 Å². The van der Waals surface area contributed by atoms with Gasteiger partial charge in [-0.25, -0.2) is 9.97 Å². The van der Waals surface area contributed by atoms with E-state index in [1.54, 1.807) is 4.90 Å². The summed E-state index contributed by atoms with van der Waals surface area (Å²) < 4.78 is 38.7. The molecule has 2 rings (SSSR count). The molecule has 1 fully saturated rings. The van der Waals surface area contributed by atoms with E-state index in [-0.39, 0.29) is 11.5 Å². The fourth-order valence-electron chi connectivity index (χ4n) is 1.75. The number of halogens is 3. The van der Waals surface area contributed by atoms with Crippen LogP contribution in [0.3, 0.4) is 0 Å². The standard InChI is InChI=1S/C11H11F3N4/c1-2-8-7-16-10(9(17-8)11(12,13)14)18-5-3-15-4-6-18/h1,7,15H,3-6H2. The summed E-state index contributed by atoms with van der Waals surface area (Å²) in [6.45, 7) is 2.17. The molecule has 0 aliphatic carbocycles. The van der Waals surface area contributed by atoms with Crippen LogP contribution in [0, 0.1) is 12.3 Å². The van der Waals surface area contributed by atoms with Crippen LogP contribution in [-0.2, 0) is 6.18 Å². The van der Waals surface area contributed by atoms with Gasteiger partial charge in [0.05, 0.1) is 6.20 Å². The average Bonchev–Trinajstić information content (AvgIpc) is 2.38. The SMILES string of the molecule is C#Cc1cnc(N2CCNCC2)c(C(F)(F)F)n1. The molecule has 0 unspecified atom stereocenters. The number of rotatable bonds is 1. The number of nitrogens with zero attached hydrogens (tertiary/aromatic N) is 3. The second-order valence-corrected chi connectivity index (χ2v) is 3.81. The van der Waals surface area contributed by atoms with Crippen LogP contribution in [0.5, 0.6) is 0 Å². The third kappa shape index (κ3) is 2.54. The first-order chi connectivity index (χ1) is 8.52. The van der Waals surface area contributed by atoms with Crippen LogP contribution in [0.2, 0.25) is 0 Å². The lowest BCUT2D eigenvalue weighted by Gasteiger charge is -2.29. The van der Waals surface area contributed by atoms with Crippen LogP contribution < -0.4 is 10.2 Å². The highest BCUT2D eigenvalue weighted by Gasteiger charge is 2.38. The maximum absolute atomic E-state index is 12.9. The van der Waals surface area contributed by atoms with Gasteiger partial charge in [-0.05, 0) is 5.92 Å². The van der Waals surface area contributed by atoms with E-state index in [4.69, 9.17) is 6.42 Å². The molecule has 0 radical (unpaired) electrons. The predicted molar refractivity (Wildman–Crippen MR) is 60.1 cm³/mol. The lowest BCUT2D eigenvalue weighted by atomic mass is 10.3. The lowest BCUT2D eigenvalue weighted by Crippen LogP contribution is -2.44. The van der Waals surface area contributed by atoms with Crippen molar-refractivity contribution in [2.24, 2.45) is 0 Å². The fraction of sp³-hybridized carbons (Fsp3) is 0.455. The molecule has 0 saturated carbocycles. The van der Waals surface area contributed by atoms with Gasteiger partial charge in [-0.3, -0.25) is 0 Å². The monoisotopic (exact) mass is 256 g/mol. The van der Waals surface area contributed by atoms with Crippen LogP contribution in [0.1, 0.15) is 11.4 Å². The fourth-order valence-corrected chi connectivity index (χ4v) is 1.75. The Labute approximate surface area is 102 Å². The van der Waals surface area contributed by atoms with Crippen LogP contribution >= 0.6 is 0 Å². The minimum atomic E-state index is -4.56. The number of anilines is 1. The van der Waals surface area contributed by atoms with E-state index in [2.05, 4.69) is 21.2 Å². The maximum atomic E-state index is 12.9. The predicted octanol–water partition coefficient (Wildman–Crippen LogP) is 0.886. The molecular weight excluding hydrogens is 245 g/mol. The van der Waals surface area contributed by atoms with E-state index < -0.39 is 11.9 Å². The molecule has 0 spiro atoms. The Morgan fingerprint density at radius 1 is 1.33 bits per heavy atom. The van der Waals surface area contributed by atoms with Crippen molar-refractivity contribution in [1.82, 2.24) is 15.3 Å². The first-order valence-corrected chi connectivity index (χ1v) is 5.39. The minimum Gasteiger partial charge on any atom is -0.352 e. The van der Waals surface area contributed by atoms with Gasteiger partial charge in [-0.15, -0.1) is 6.42 Å². The number of aromatic nitrogens is 2. The molecule has 1 saturated heterocycles. The van der Waals surface area contributed by atoms with Gasteiger partial charge in [-0.1, -0.05) is 0 Å². The summed E-state index contributed by atoms with van der Waals surface area (Å²) in [6, 6.07) is 0. The number of hydrogen-bond acceptors (Lipinski definition) is 4. The van der Waals surface area contributed by atoms with E-state index in [0.717, 1.165) is 0 Å². The van der Waals surface area contributed by atoms with Crippen LogP contribution in [0.15, 0.2) is 6.20 Å². The van der Waals surface area contributed by atoms with Crippen molar-refractivity contribution >= 4 is 5.82 Å². The molecule has 1 aliphatic rings. The van der Waals surface area contributed by atoms with Crippen molar-refractivity contribution in [2.45, 2.75) is 6.18 Å². The number of hydrogen-bond donors (Lipinski definition) is 1. The van der Waals surface area contributed by atoms with Crippen LogP contribution in [0.25, 0.3) is 0 Å². The molecule has 1 aliphatic heterocycles. The van der Waals surface area contributed by atoms with Crippen molar-refractivity contribution < 1.29 is 13.2 Å². The second kappa shape index (κ2) is 4.82. The molecule has 1 aromatic heterocycles. The van der Waals surface area contributed by atoms with Gasteiger partial charge >= 0.3 is 6.18 Å². The highest BCUT2D eigenvalue weighted by atomic mass is 19.4. The largest absolute Gasteiger partial charge is 0.437 e. The van der Waals surface area contributed by atoms with E-state index in [0.29, 0.717) is 26.2 Å². The van der Waals surface area contributed by atoms with Gasteiger partial charge in [-0.2, -0.15) is 13.2 Å². The Bertz CT molecular complexity index is 472. The van der Waals surface area contributed by atoms with Gasteiger partial charge in [0.25, 0.3) is 0 Å². The van der Waals surface area contributed by atoms with Gasteiger partial charge in [0.2, 0.25) is 0 Å². The number of nitrogens with one attached hydrogen (secondary N) is 1. The summed E-state index contributed by atoms with van der Waals surface area (Å²) in [5.41, 5.74) is -1.12. The molecule has 2 heterocycles. The normalized spacial score (nSPS) is 16.4. The summed E-state index contributed by atoms with van der Waals surface area (Å²) in [7, 11) is 0. The van der Waals surface area contributed by atoms with Crippen molar-refractivity contribution in [2.75, 3.05) is 31.1 Å². The number of terminal acetylenes is 1. The van der Waals surface area contributed by atoms with Gasteiger partial charge in [0, 0.05) is 26.2 Å². The highest BCUT2D eigenvalue weighted by molar-refractivity contribution is 5.47. The number of alkyl halides is 3. The average molecular weight is 256 g/mol. The molecule has 18 heavy (non-hydrogen) atoms. The first-order valence-electron chi connectivity index (χ1n) is 5.39. The Hall–Kier alpha value is -1.81.